The molecule has 0 saturated heterocycles. The SMILES string of the molecule is Cc1ccc(NC(=O)N2CC=C(c3ncc(C(O)c4nnc(CO)o4)cc3Cl)CC2)cc1Cl. The number of pyridine rings is 1. The number of nitrogens with zero attached hydrogens (tertiary/aromatic N) is 4. The molecule has 1 aromatic carbocycles. The van der Waals surface area contributed by atoms with Crippen LogP contribution in [0.3, 0.4) is 0 Å². The summed E-state index contributed by atoms with van der Waals surface area (Å²) in [7, 11) is 0. The predicted octanol–water partition coefficient (Wildman–Crippen LogP) is 3.98. The lowest BCUT2D eigenvalue weighted by Crippen LogP contribution is -2.38. The number of carbonyl (C=O) groups is 1. The van der Waals surface area contributed by atoms with Crippen molar-refractivity contribution in [3.05, 3.63) is 75.2 Å². The molecule has 3 heterocycles. The Labute approximate surface area is 199 Å². The van der Waals surface area contributed by atoms with Gasteiger partial charge in [-0.2, -0.15) is 0 Å². The molecule has 0 bridgehead atoms. The maximum absolute atomic E-state index is 12.6. The number of amides is 2. The fourth-order valence-electron chi connectivity index (χ4n) is 3.36. The minimum Gasteiger partial charge on any atom is -0.420 e. The van der Waals surface area contributed by atoms with Gasteiger partial charge < -0.3 is 24.8 Å². The molecule has 3 N–H and O–H groups in total. The summed E-state index contributed by atoms with van der Waals surface area (Å²) >= 11 is 12.6. The Morgan fingerprint density at radius 2 is 2.09 bits per heavy atom. The highest BCUT2D eigenvalue weighted by molar-refractivity contribution is 6.32. The Kier molecular flexibility index (Phi) is 6.94. The minimum atomic E-state index is -1.22. The van der Waals surface area contributed by atoms with Gasteiger partial charge in [-0.05, 0) is 42.7 Å². The van der Waals surface area contributed by atoms with Crippen LogP contribution in [-0.2, 0) is 6.61 Å². The Hall–Kier alpha value is -2.98. The van der Waals surface area contributed by atoms with Crippen LogP contribution >= 0.6 is 23.2 Å². The summed E-state index contributed by atoms with van der Waals surface area (Å²) < 4.78 is 5.17. The number of benzene rings is 1. The van der Waals surface area contributed by atoms with Gasteiger partial charge >= 0.3 is 6.03 Å². The van der Waals surface area contributed by atoms with Gasteiger partial charge in [0.05, 0.1) is 10.7 Å². The van der Waals surface area contributed by atoms with Crippen LogP contribution in [0, 0.1) is 6.92 Å². The predicted molar refractivity (Wildman–Crippen MR) is 123 cm³/mol. The van der Waals surface area contributed by atoms with Gasteiger partial charge in [0.25, 0.3) is 0 Å². The number of halogens is 2. The van der Waals surface area contributed by atoms with Gasteiger partial charge in [-0.15, -0.1) is 10.2 Å². The van der Waals surface area contributed by atoms with Crippen molar-refractivity contribution in [2.75, 3.05) is 18.4 Å². The molecule has 172 valence electrons. The van der Waals surface area contributed by atoms with Crippen molar-refractivity contribution in [2.45, 2.75) is 26.1 Å². The van der Waals surface area contributed by atoms with E-state index in [1.807, 2.05) is 25.1 Å². The lowest BCUT2D eigenvalue weighted by molar-refractivity contribution is 0.170. The molecule has 1 aliphatic heterocycles. The zero-order chi connectivity index (χ0) is 23.5. The molecule has 3 aromatic rings. The number of aryl methyl sites for hydroxylation is 1. The number of rotatable bonds is 5. The van der Waals surface area contributed by atoms with Crippen LogP contribution in [0.5, 0.6) is 0 Å². The smallest absolute Gasteiger partial charge is 0.322 e. The van der Waals surface area contributed by atoms with E-state index in [0.29, 0.717) is 46.5 Å². The van der Waals surface area contributed by atoms with E-state index in [2.05, 4.69) is 20.5 Å². The van der Waals surface area contributed by atoms with E-state index < -0.39 is 12.7 Å². The van der Waals surface area contributed by atoms with Crippen molar-refractivity contribution in [1.82, 2.24) is 20.1 Å². The van der Waals surface area contributed by atoms with Crippen LogP contribution in [-0.4, -0.2) is 49.4 Å². The van der Waals surface area contributed by atoms with Gasteiger partial charge in [-0.1, -0.05) is 35.3 Å². The van der Waals surface area contributed by atoms with Crippen molar-refractivity contribution in [3.63, 3.8) is 0 Å². The van der Waals surface area contributed by atoms with Crippen LogP contribution in [0.4, 0.5) is 10.5 Å². The molecule has 4 rings (SSSR count). The molecule has 33 heavy (non-hydrogen) atoms. The number of aliphatic hydroxyl groups excluding tert-OH is 2. The first-order valence-electron chi connectivity index (χ1n) is 10.1. The molecule has 2 amide bonds. The Morgan fingerprint density at radius 3 is 2.73 bits per heavy atom. The lowest BCUT2D eigenvalue weighted by atomic mass is 10.0. The number of hydrogen-bond acceptors (Lipinski definition) is 7. The topological polar surface area (TPSA) is 125 Å². The second-order valence-corrected chi connectivity index (χ2v) is 8.33. The van der Waals surface area contributed by atoms with Crippen LogP contribution in [0.2, 0.25) is 10.0 Å². The highest BCUT2D eigenvalue weighted by Gasteiger charge is 2.23. The third-order valence-corrected chi connectivity index (χ3v) is 5.95. The highest BCUT2D eigenvalue weighted by atomic mass is 35.5. The van der Waals surface area contributed by atoms with Crippen molar-refractivity contribution in [1.29, 1.82) is 0 Å². The van der Waals surface area contributed by atoms with E-state index in [0.717, 1.165) is 11.1 Å². The van der Waals surface area contributed by atoms with Gasteiger partial charge in [0.15, 0.2) is 6.10 Å². The summed E-state index contributed by atoms with van der Waals surface area (Å²) in [5.74, 6) is -0.0516. The third kappa shape index (κ3) is 5.17. The van der Waals surface area contributed by atoms with E-state index in [9.17, 15) is 9.90 Å². The van der Waals surface area contributed by atoms with Gasteiger partial charge in [0, 0.05) is 35.6 Å². The van der Waals surface area contributed by atoms with E-state index in [1.54, 1.807) is 17.0 Å². The second-order valence-electron chi connectivity index (χ2n) is 7.51. The Bertz CT molecular complexity index is 1210. The van der Waals surface area contributed by atoms with Crippen LogP contribution in [0.15, 0.2) is 41.0 Å². The molecule has 1 aliphatic rings. The first-order chi connectivity index (χ1) is 15.9. The number of urea groups is 1. The van der Waals surface area contributed by atoms with Gasteiger partial charge in [-0.25, -0.2) is 4.79 Å². The molecule has 1 atom stereocenters. The quantitative estimate of drug-likeness (QED) is 0.494. The van der Waals surface area contributed by atoms with Crippen LogP contribution in [0.25, 0.3) is 5.57 Å². The van der Waals surface area contributed by atoms with Gasteiger partial charge in [-0.3, -0.25) is 4.98 Å². The highest BCUT2D eigenvalue weighted by Crippen LogP contribution is 2.30. The molecule has 9 nitrogen and oxygen atoms in total. The third-order valence-electron chi connectivity index (χ3n) is 5.25. The largest absolute Gasteiger partial charge is 0.420 e. The molecule has 0 spiro atoms. The lowest BCUT2D eigenvalue weighted by Gasteiger charge is -2.27. The standard InChI is InChI=1S/C22H21Cl2N5O4/c1-12-2-3-15(9-16(12)23)26-22(32)29-6-4-13(5-7-29)19-17(24)8-14(10-25-19)20(31)21-28-27-18(11-30)33-21/h2-4,8-10,20,30-31H,5-7,11H2,1H3,(H,26,32). The second kappa shape index (κ2) is 9.88. The summed E-state index contributed by atoms with van der Waals surface area (Å²) in [6.45, 7) is 2.37. The van der Waals surface area contributed by atoms with Crippen molar-refractivity contribution in [3.8, 4) is 0 Å². The number of anilines is 1. The summed E-state index contributed by atoms with van der Waals surface area (Å²) in [5, 5.41) is 30.6. The first-order valence-corrected chi connectivity index (χ1v) is 10.9. The molecular weight excluding hydrogens is 469 g/mol. The minimum absolute atomic E-state index is 0.00570. The van der Waals surface area contributed by atoms with E-state index >= 15 is 0 Å². The molecule has 0 aliphatic carbocycles. The zero-order valence-corrected chi connectivity index (χ0v) is 19.1. The molecule has 11 heteroatoms. The molecule has 2 aromatic heterocycles. The van der Waals surface area contributed by atoms with Crippen LogP contribution < -0.4 is 5.32 Å². The summed E-state index contributed by atoms with van der Waals surface area (Å²) in [6.07, 6.45) is 2.74. The van der Waals surface area contributed by atoms with Crippen LogP contribution in [0.1, 0.15) is 41.1 Å². The molecular formula is C22H21Cl2N5O4. The monoisotopic (exact) mass is 489 g/mol. The average molecular weight is 490 g/mol. The fraction of sp³-hybridized carbons (Fsp3) is 0.273. The van der Waals surface area contributed by atoms with E-state index in [-0.39, 0.29) is 17.8 Å². The normalized spacial score (nSPS) is 14.7. The number of aliphatic hydroxyl groups is 2. The Morgan fingerprint density at radius 1 is 1.27 bits per heavy atom. The van der Waals surface area contributed by atoms with Gasteiger partial charge in [0.1, 0.15) is 6.61 Å². The van der Waals surface area contributed by atoms with E-state index in [1.165, 1.54) is 6.20 Å². The number of aromatic nitrogens is 3. The summed E-state index contributed by atoms with van der Waals surface area (Å²) in [4.78, 5) is 18.7. The zero-order valence-electron chi connectivity index (χ0n) is 17.6. The maximum atomic E-state index is 12.6. The number of hydrogen-bond donors (Lipinski definition) is 3. The van der Waals surface area contributed by atoms with Gasteiger partial charge in [0.2, 0.25) is 11.8 Å². The summed E-state index contributed by atoms with van der Waals surface area (Å²) in [6, 6.07) is 6.74. The van der Waals surface area contributed by atoms with Crippen molar-refractivity contribution >= 4 is 40.5 Å². The molecule has 0 fully saturated rings. The first kappa shape index (κ1) is 23.2. The summed E-state index contributed by atoms with van der Waals surface area (Å²) in [5.41, 5.74) is 3.45. The fourth-order valence-corrected chi connectivity index (χ4v) is 3.84. The number of nitrogens with one attached hydrogen (secondary N) is 1. The van der Waals surface area contributed by atoms with E-state index in [4.69, 9.17) is 32.7 Å². The maximum Gasteiger partial charge on any atom is 0.322 e. The molecule has 0 radical (unpaired) electrons. The number of carbonyl (C=O) groups excluding carboxylic acids is 1. The Balaban J connectivity index is 1.42. The van der Waals surface area contributed by atoms with Crippen molar-refractivity contribution < 1.29 is 19.4 Å². The molecule has 1 unspecified atom stereocenters. The molecule has 0 saturated carbocycles. The average Bonchev–Trinajstić information content (AvgIpc) is 3.30. The van der Waals surface area contributed by atoms with Crippen molar-refractivity contribution in [2.24, 2.45) is 0 Å².